The van der Waals surface area contributed by atoms with Crippen molar-refractivity contribution >= 4 is 15.9 Å². The molecule has 0 unspecified atom stereocenters. The summed E-state index contributed by atoms with van der Waals surface area (Å²) in [5, 5.41) is 0.823. The van der Waals surface area contributed by atoms with Gasteiger partial charge in [0.1, 0.15) is 0 Å². The molecule has 0 saturated heterocycles. The van der Waals surface area contributed by atoms with Gasteiger partial charge in [-0.25, -0.2) is 0 Å². The highest BCUT2D eigenvalue weighted by molar-refractivity contribution is 9.09. The third-order valence-corrected chi connectivity index (χ3v) is 1.92. The molecule has 0 aliphatic rings. The molecule has 0 fully saturated rings. The van der Waals surface area contributed by atoms with Crippen molar-refractivity contribution in [3.8, 4) is 0 Å². The van der Waals surface area contributed by atoms with E-state index in [0.717, 1.165) is 16.7 Å². The Kier molecular flexibility index (Phi) is 5.94. The number of hydrogen-bond acceptors (Lipinski definition) is 1. The number of rotatable bonds is 4. The van der Waals surface area contributed by atoms with Crippen LogP contribution >= 0.6 is 15.9 Å². The molecule has 0 amide bonds. The molecule has 0 N–H and O–H groups in total. The van der Waals surface area contributed by atoms with Crippen LogP contribution in [0.3, 0.4) is 0 Å². The Labute approximate surface area is 76.6 Å². The molecule has 0 spiro atoms. The van der Waals surface area contributed by atoms with E-state index in [1.165, 1.54) is 0 Å². The first-order valence-electron chi connectivity index (χ1n) is 3.34. The fourth-order valence-electron chi connectivity index (χ4n) is 0.460. The molecule has 2 heteroatoms. The monoisotopic (exact) mass is 216 g/mol. The SMILES string of the molecule is C=C/C(=C\C=C(/C)OC)CBr. The lowest BCUT2D eigenvalue weighted by atomic mass is 10.2. The molecule has 0 aliphatic carbocycles. The van der Waals surface area contributed by atoms with Gasteiger partial charge in [-0.1, -0.05) is 34.7 Å². The molecule has 0 aromatic heterocycles. The van der Waals surface area contributed by atoms with Crippen LogP contribution in [-0.4, -0.2) is 12.4 Å². The fourth-order valence-corrected chi connectivity index (χ4v) is 0.875. The van der Waals surface area contributed by atoms with E-state index in [4.69, 9.17) is 4.74 Å². The lowest BCUT2D eigenvalue weighted by Gasteiger charge is -1.95. The molecule has 0 aromatic rings. The minimum absolute atomic E-state index is 0.823. The van der Waals surface area contributed by atoms with Gasteiger partial charge in [-0.05, 0) is 18.6 Å². The molecule has 0 atom stereocenters. The summed E-state index contributed by atoms with van der Waals surface area (Å²) in [7, 11) is 1.65. The smallest absolute Gasteiger partial charge is 0.0924 e. The molecule has 0 aliphatic heterocycles. The van der Waals surface area contributed by atoms with E-state index in [2.05, 4.69) is 22.5 Å². The van der Waals surface area contributed by atoms with Crippen LogP contribution in [-0.2, 0) is 4.74 Å². The van der Waals surface area contributed by atoms with E-state index in [9.17, 15) is 0 Å². The van der Waals surface area contributed by atoms with Crippen LogP contribution in [0.5, 0.6) is 0 Å². The van der Waals surface area contributed by atoms with Gasteiger partial charge >= 0.3 is 0 Å². The van der Waals surface area contributed by atoms with E-state index in [1.807, 2.05) is 25.2 Å². The standard InChI is InChI=1S/C9H13BrO/c1-4-9(7-10)6-5-8(2)11-3/h4-6H,1,7H2,2-3H3/b8-5+,9-6+. The first-order chi connectivity index (χ1) is 5.24. The minimum atomic E-state index is 0.823. The van der Waals surface area contributed by atoms with Gasteiger partial charge in [0.05, 0.1) is 12.9 Å². The zero-order valence-electron chi connectivity index (χ0n) is 6.93. The van der Waals surface area contributed by atoms with Gasteiger partial charge < -0.3 is 4.74 Å². The Morgan fingerprint density at radius 1 is 1.55 bits per heavy atom. The molecular formula is C9H13BrO. The van der Waals surface area contributed by atoms with Gasteiger partial charge in [-0.2, -0.15) is 0 Å². The fraction of sp³-hybridized carbons (Fsp3) is 0.333. The van der Waals surface area contributed by atoms with Gasteiger partial charge in [0.25, 0.3) is 0 Å². The van der Waals surface area contributed by atoms with Crippen LogP contribution in [0.25, 0.3) is 0 Å². The van der Waals surface area contributed by atoms with E-state index < -0.39 is 0 Å². The predicted molar refractivity (Wildman–Crippen MR) is 52.8 cm³/mol. The average molecular weight is 217 g/mol. The normalized spacial score (nSPS) is 13.0. The Hall–Kier alpha value is -0.500. The molecule has 1 nitrogen and oxygen atoms in total. The maximum Gasteiger partial charge on any atom is 0.0924 e. The molecule has 0 bridgehead atoms. The second kappa shape index (κ2) is 6.23. The predicted octanol–water partition coefficient (Wildman–Crippen LogP) is 3.04. The van der Waals surface area contributed by atoms with E-state index in [0.29, 0.717) is 0 Å². The lowest BCUT2D eigenvalue weighted by Crippen LogP contribution is -1.79. The van der Waals surface area contributed by atoms with Crippen molar-refractivity contribution in [3.05, 3.63) is 36.1 Å². The summed E-state index contributed by atoms with van der Waals surface area (Å²) < 4.78 is 4.96. The lowest BCUT2D eigenvalue weighted by molar-refractivity contribution is 0.294. The van der Waals surface area contributed by atoms with Crippen molar-refractivity contribution in [2.45, 2.75) is 6.92 Å². The summed E-state index contributed by atoms with van der Waals surface area (Å²) in [6.07, 6.45) is 5.70. The Morgan fingerprint density at radius 2 is 2.18 bits per heavy atom. The van der Waals surface area contributed by atoms with E-state index in [-0.39, 0.29) is 0 Å². The van der Waals surface area contributed by atoms with Gasteiger partial charge in [0.15, 0.2) is 0 Å². The quantitative estimate of drug-likeness (QED) is 0.399. The first-order valence-corrected chi connectivity index (χ1v) is 4.46. The highest BCUT2D eigenvalue weighted by atomic mass is 79.9. The number of halogens is 1. The number of ether oxygens (including phenoxy) is 1. The molecular weight excluding hydrogens is 204 g/mol. The summed E-state index contributed by atoms with van der Waals surface area (Å²) in [6.45, 7) is 5.58. The maximum atomic E-state index is 4.96. The second-order valence-corrected chi connectivity index (χ2v) is 2.62. The summed E-state index contributed by atoms with van der Waals surface area (Å²) >= 11 is 3.34. The van der Waals surface area contributed by atoms with Crippen molar-refractivity contribution in [2.24, 2.45) is 0 Å². The van der Waals surface area contributed by atoms with Crippen LogP contribution < -0.4 is 0 Å². The summed E-state index contributed by atoms with van der Waals surface area (Å²) in [5.41, 5.74) is 1.14. The number of alkyl halides is 1. The zero-order chi connectivity index (χ0) is 8.69. The molecule has 0 aromatic carbocycles. The van der Waals surface area contributed by atoms with Crippen molar-refractivity contribution in [1.29, 1.82) is 0 Å². The van der Waals surface area contributed by atoms with Crippen molar-refractivity contribution in [2.75, 3.05) is 12.4 Å². The van der Waals surface area contributed by atoms with Gasteiger partial charge in [-0.3, -0.25) is 0 Å². The third-order valence-electron chi connectivity index (χ3n) is 1.27. The molecule has 0 radical (unpaired) electrons. The second-order valence-electron chi connectivity index (χ2n) is 2.06. The van der Waals surface area contributed by atoms with Crippen LogP contribution in [0, 0.1) is 0 Å². The summed E-state index contributed by atoms with van der Waals surface area (Å²) in [4.78, 5) is 0. The topological polar surface area (TPSA) is 9.23 Å². The molecule has 11 heavy (non-hydrogen) atoms. The first kappa shape index (κ1) is 10.5. The van der Waals surface area contributed by atoms with Gasteiger partial charge in [0.2, 0.25) is 0 Å². The van der Waals surface area contributed by atoms with Gasteiger partial charge in [-0.15, -0.1) is 0 Å². The van der Waals surface area contributed by atoms with Crippen LogP contribution in [0.1, 0.15) is 6.92 Å². The number of methoxy groups -OCH3 is 1. The zero-order valence-corrected chi connectivity index (χ0v) is 8.52. The molecule has 0 heterocycles. The third kappa shape index (κ3) is 4.85. The number of hydrogen-bond donors (Lipinski definition) is 0. The largest absolute Gasteiger partial charge is 0.501 e. The van der Waals surface area contributed by atoms with Crippen molar-refractivity contribution in [1.82, 2.24) is 0 Å². The molecule has 62 valence electrons. The van der Waals surface area contributed by atoms with E-state index >= 15 is 0 Å². The van der Waals surface area contributed by atoms with Crippen LogP contribution in [0.15, 0.2) is 36.1 Å². The molecule has 0 rings (SSSR count). The molecule has 0 saturated carbocycles. The minimum Gasteiger partial charge on any atom is -0.501 e. The maximum absolute atomic E-state index is 4.96. The van der Waals surface area contributed by atoms with Crippen molar-refractivity contribution < 1.29 is 4.74 Å². The Balaban J connectivity index is 4.17. The average Bonchev–Trinajstić information content (AvgIpc) is 2.06. The highest BCUT2D eigenvalue weighted by Crippen LogP contribution is 2.02. The number of allylic oxidation sites excluding steroid dienone is 5. The highest BCUT2D eigenvalue weighted by Gasteiger charge is 1.85. The van der Waals surface area contributed by atoms with Crippen LogP contribution in [0.2, 0.25) is 0 Å². The summed E-state index contributed by atoms with van der Waals surface area (Å²) in [6, 6.07) is 0. The van der Waals surface area contributed by atoms with E-state index in [1.54, 1.807) is 7.11 Å². The van der Waals surface area contributed by atoms with Gasteiger partial charge in [0, 0.05) is 5.33 Å². The Bertz CT molecular complexity index is 180. The van der Waals surface area contributed by atoms with Crippen molar-refractivity contribution in [3.63, 3.8) is 0 Å². The Morgan fingerprint density at radius 3 is 2.55 bits per heavy atom. The summed E-state index contributed by atoms with van der Waals surface area (Å²) in [5.74, 6) is 0.894. The van der Waals surface area contributed by atoms with Crippen LogP contribution in [0.4, 0.5) is 0 Å².